The summed E-state index contributed by atoms with van der Waals surface area (Å²) in [7, 11) is 4.00. The number of carbonyl (C=O) groups excluding carboxylic acids is 1. The third-order valence-corrected chi connectivity index (χ3v) is 7.47. The lowest BCUT2D eigenvalue weighted by Crippen LogP contribution is -2.15. The number of aromatic nitrogens is 4. The molecule has 48 heavy (non-hydrogen) atoms. The average Bonchev–Trinajstić information content (AvgIpc) is 3.43. The predicted octanol–water partition coefficient (Wildman–Crippen LogP) is 7.86. The first-order chi connectivity index (χ1) is 23.0. The van der Waals surface area contributed by atoms with Crippen molar-refractivity contribution in [1.82, 2.24) is 24.3 Å². The molecule has 244 valence electrons. The van der Waals surface area contributed by atoms with Crippen molar-refractivity contribution in [2.75, 3.05) is 31.3 Å². The van der Waals surface area contributed by atoms with Crippen LogP contribution in [0.3, 0.4) is 0 Å². The van der Waals surface area contributed by atoms with Gasteiger partial charge in [-0.15, -0.1) is 0 Å². The second-order valence-corrected chi connectivity index (χ2v) is 11.2. The molecule has 0 atom stereocenters. The van der Waals surface area contributed by atoms with Crippen molar-refractivity contribution in [1.29, 1.82) is 0 Å². The molecule has 0 saturated heterocycles. The van der Waals surface area contributed by atoms with Crippen molar-refractivity contribution in [3.05, 3.63) is 126 Å². The summed E-state index contributed by atoms with van der Waals surface area (Å²) in [5.74, 6) is -2.82. The maximum atomic E-state index is 14.3. The highest BCUT2D eigenvalue weighted by Crippen LogP contribution is 2.36. The maximum absolute atomic E-state index is 14.3. The summed E-state index contributed by atoms with van der Waals surface area (Å²) in [5, 5.41) is 5.69. The first kappa shape index (κ1) is 32.3. The number of halogens is 5. The van der Waals surface area contributed by atoms with Gasteiger partial charge < -0.3 is 15.5 Å². The lowest BCUT2D eigenvalue weighted by atomic mass is 10.1. The smallest absolute Gasteiger partial charge is 0.324 e. The highest BCUT2D eigenvalue weighted by atomic mass is 19.4. The normalized spacial score (nSPS) is 11.7. The Morgan fingerprint density at radius 1 is 0.875 bits per heavy atom. The van der Waals surface area contributed by atoms with Gasteiger partial charge in [-0.2, -0.15) is 13.2 Å². The molecule has 0 aliphatic carbocycles. The zero-order valence-corrected chi connectivity index (χ0v) is 25.7. The van der Waals surface area contributed by atoms with Crippen LogP contribution in [-0.4, -0.2) is 50.8 Å². The monoisotopic (exact) mass is 657 g/mol. The molecule has 0 aliphatic heterocycles. The van der Waals surface area contributed by atoms with Crippen LogP contribution in [0, 0.1) is 11.6 Å². The summed E-state index contributed by atoms with van der Waals surface area (Å²) in [6, 6.07) is 20.6. The number of carbonyl (C=O) groups is 1. The maximum Gasteiger partial charge on any atom is 0.416 e. The van der Waals surface area contributed by atoms with Gasteiger partial charge in [-0.3, -0.25) is 9.20 Å². The molecule has 6 rings (SSSR count). The molecule has 0 bridgehead atoms. The van der Waals surface area contributed by atoms with Gasteiger partial charge in [0.2, 0.25) is 5.95 Å². The van der Waals surface area contributed by atoms with Crippen LogP contribution in [-0.2, 0) is 12.6 Å². The molecule has 0 aliphatic rings. The van der Waals surface area contributed by atoms with Crippen LogP contribution in [0.2, 0.25) is 0 Å². The SMILES string of the molecule is CN(C)CCc1cccc(Nc2nccc(-c3c(-c4cccc(NC(=O)c5c(F)cccc5F)c4)nc4cc(C(F)(F)F)ccn34)n2)c1. The van der Waals surface area contributed by atoms with E-state index in [1.165, 1.54) is 28.9 Å². The molecular weight excluding hydrogens is 629 g/mol. The van der Waals surface area contributed by atoms with Crippen molar-refractivity contribution >= 4 is 28.9 Å². The predicted molar refractivity (Wildman–Crippen MR) is 173 cm³/mol. The van der Waals surface area contributed by atoms with E-state index in [4.69, 9.17) is 0 Å². The molecule has 3 heterocycles. The first-order valence-corrected chi connectivity index (χ1v) is 14.8. The molecule has 0 unspecified atom stereocenters. The number of imidazole rings is 1. The van der Waals surface area contributed by atoms with Gasteiger partial charge in [0, 0.05) is 35.9 Å². The van der Waals surface area contributed by atoms with E-state index in [2.05, 4.69) is 30.5 Å². The molecule has 1 amide bonds. The number of pyridine rings is 1. The highest BCUT2D eigenvalue weighted by molar-refractivity contribution is 6.05. The zero-order valence-electron chi connectivity index (χ0n) is 25.7. The molecule has 0 saturated carbocycles. The molecule has 0 radical (unpaired) electrons. The standard InChI is InChI=1S/C35H28F5N7O/c1-46(2)16-13-21-6-3-8-24(18-21)43-34-41-15-12-28(44-34)32-31(45-29-20-23(35(38,39)40)14-17-47(29)32)22-7-4-9-25(19-22)42-33(48)30-26(36)10-5-11-27(30)37/h3-12,14-15,17-20H,13,16H2,1-2H3,(H,42,48)(H,41,43,44). The summed E-state index contributed by atoms with van der Waals surface area (Å²) in [4.78, 5) is 28.5. The van der Waals surface area contributed by atoms with Crippen LogP contribution in [0.25, 0.3) is 28.3 Å². The lowest BCUT2D eigenvalue weighted by molar-refractivity contribution is -0.137. The van der Waals surface area contributed by atoms with E-state index in [1.54, 1.807) is 18.2 Å². The Balaban J connectivity index is 1.40. The molecule has 3 aromatic heterocycles. The number of amides is 1. The van der Waals surface area contributed by atoms with E-state index in [0.717, 1.165) is 54.5 Å². The topological polar surface area (TPSA) is 87.5 Å². The second-order valence-electron chi connectivity index (χ2n) is 11.2. The number of nitrogens with zero attached hydrogens (tertiary/aromatic N) is 5. The number of fused-ring (bicyclic) bond motifs is 1. The molecule has 13 heteroatoms. The van der Waals surface area contributed by atoms with Gasteiger partial charge in [0.25, 0.3) is 5.91 Å². The fraction of sp³-hybridized carbons (Fsp3) is 0.143. The molecule has 2 N–H and O–H groups in total. The van der Waals surface area contributed by atoms with Crippen molar-refractivity contribution in [3.63, 3.8) is 0 Å². The summed E-state index contributed by atoms with van der Waals surface area (Å²) in [6.07, 6.45) is -0.982. The minimum atomic E-state index is -4.60. The Bertz CT molecular complexity index is 2110. The van der Waals surface area contributed by atoms with Gasteiger partial charge in [0.05, 0.1) is 22.6 Å². The summed E-state index contributed by atoms with van der Waals surface area (Å²) >= 11 is 0. The van der Waals surface area contributed by atoms with Crippen molar-refractivity contribution < 1.29 is 26.7 Å². The molecule has 0 fully saturated rings. The fourth-order valence-corrected chi connectivity index (χ4v) is 5.16. The van der Waals surface area contributed by atoms with Crippen LogP contribution in [0.1, 0.15) is 21.5 Å². The molecule has 0 spiro atoms. The number of rotatable bonds is 9. The minimum absolute atomic E-state index is 0.000550. The summed E-state index contributed by atoms with van der Waals surface area (Å²) in [6.45, 7) is 0.869. The lowest BCUT2D eigenvalue weighted by Gasteiger charge is -2.12. The number of alkyl halides is 3. The van der Waals surface area contributed by atoms with E-state index in [1.807, 2.05) is 38.4 Å². The quantitative estimate of drug-likeness (QED) is 0.154. The van der Waals surface area contributed by atoms with E-state index < -0.39 is 34.8 Å². The molecular formula is C35H28F5N7O. The second kappa shape index (κ2) is 13.2. The van der Waals surface area contributed by atoms with Crippen LogP contribution in [0.15, 0.2) is 97.3 Å². The Morgan fingerprint density at radius 2 is 1.60 bits per heavy atom. The average molecular weight is 658 g/mol. The van der Waals surface area contributed by atoms with Crippen LogP contribution < -0.4 is 10.6 Å². The Hall–Kier alpha value is -5.69. The Morgan fingerprint density at radius 3 is 2.35 bits per heavy atom. The van der Waals surface area contributed by atoms with Crippen molar-refractivity contribution in [2.24, 2.45) is 0 Å². The van der Waals surface area contributed by atoms with E-state index in [9.17, 15) is 26.7 Å². The van der Waals surface area contributed by atoms with Gasteiger partial charge in [-0.1, -0.05) is 30.3 Å². The zero-order chi connectivity index (χ0) is 34.0. The van der Waals surface area contributed by atoms with Gasteiger partial charge in [0.15, 0.2) is 0 Å². The van der Waals surface area contributed by atoms with Gasteiger partial charge in [0.1, 0.15) is 22.8 Å². The third-order valence-electron chi connectivity index (χ3n) is 7.47. The van der Waals surface area contributed by atoms with Gasteiger partial charge in [-0.25, -0.2) is 23.7 Å². The number of hydrogen-bond acceptors (Lipinski definition) is 6. The largest absolute Gasteiger partial charge is 0.416 e. The van der Waals surface area contributed by atoms with Crippen LogP contribution in [0.5, 0.6) is 0 Å². The number of hydrogen-bond donors (Lipinski definition) is 2. The first-order valence-electron chi connectivity index (χ1n) is 14.8. The highest BCUT2D eigenvalue weighted by Gasteiger charge is 2.31. The van der Waals surface area contributed by atoms with E-state index >= 15 is 0 Å². The number of anilines is 3. The summed E-state index contributed by atoms with van der Waals surface area (Å²) < 4.78 is 71.0. The van der Waals surface area contributed by atoms with E-state index in [0.29, 0.717) is 17.0 Å². The van der Waals surface area contributed by atoms with Crippen molar-refractivity contribution in [2.45, 2.75) is 12.6 Å². The molecule has 6 aromatic rings. The van der Waals surface area contributed by atoms with E-state index in [-0.39, 0.29) is 23.0 Å². The summed E-state index contributed by atoms with van der Waals surface area (Å²) in [5.41, 5.74) is 1.76. The Labute approximate surface area is 271 Å². The van der Waals surface area contributed by atoms with Gasteiger partial charge >= 0.3 is 6.18 Å². The minimum Gasteiger partial charge on any atom is -0.324 e. The molecule has 8 nitrogen and oxygen atoms in total. The fourth-order valence-electron chi connectivity index (χ4n) is 5.16. The third kappa shape index (κ3) is 7.00. The van der Waals surface area contributed by atoms with Gasteiger partial charge in [-0.05, 0) is 80.7 Å². The number of benzene rings is 3. The van der Waals surface area contributed by atoms with Crippen LogP contribution >= 0.6 is 0 Å². The van der Waals surface area contributed by atoms with Crippen molar-refractivity contribution in [3.8, 4) is 22.6 Å². The Kier molecular flexibility index (Phi) is 8.87. The van der Waals surface area contributed by atoms with Crippen LogP contribution in [0.4, 0.5) is 39.3 Å². The molecule has 3 aromatic carbocycles. The number of nitrogens with one attached hydrogen (secondary N) is 2. The number of likely N-dealkylation sites (N-methyl/N-ethyl adjacent to an activating group) is 1.